The van der Waals surface area contributed by atoms with E-state index in [1.54, 1.807) is 12.4 Å². The van der Waals surface area contributed by atoms with Gasteiger partial charge in [0.1, 0.15) is 0 Å². The highest BCUT2D eigenvalue weighted by atomic mass is 19.1. The van der Waals surface area contributed by atoms with E-state index in [1.165, 1.54) is 6.92 Å². The molecule has 0 amide bonds. The lowest BCUT2D eigenvalue weighted by molar-refractivity contribution is 0.0754. The molecule has 0 aliphatic rings. The highest BCUT2D eigenvalue weighted by molar-refractivity contribution is 5.11. The minimum atomic E-state index is -1.37. The van der Waals surface area contributed by atoms with Crippen LogP contribution in [0.25, 0.3) is 0 Å². The van der Waals surface area contributed by atoms with Crippen LogP contribution in [-0.4, -0.2) is 16.3 Å². The van der Waals surface area contributed by atoms with Crippen molar-refractivity contribution in [1.82, 2.24) is 9.97 Å². The maximum atomic E-state index is 12.3. The minimum absolute atomic E-state index is 0.0828. The number of rotatable bonds is 3. The van der Waals surface area contributed by atoms with Crippen LogP contribution in [-0.2, 0) is 0 Å². The number of halogens is 1. The smallest absolute Gasteiger partial charge is 0.318 e. The molecule has 0 spiro atoms. The molecule has 0 N–H and O–H groups in total. The molecule has 0 radical (unpaired) electrons. The predicted octanol–water partition coefficient (Wildman–Crippen LogP) is 2.29. The third kappa shape index (κ3) is 2.97. The number of hydrogen-bond donors (Lipinski definition) is 0. The highest BCUT2D eigenvalue weighted by Crippen LogP contribution is 2.13. The molecule has 72 valence electrons. The monoisotopic (exact) mass is 184 g/mol. The maximum absolute atomic E-state index is 12.3. The van der Waals surface area contributed by atoms with Gasteiger partial charge >= 0.3 is 6.01 Å². The Labute approximate surface area is 77.0 Å². The van der Waals surface area contributed by atoms with Gasteiger partial charge in [-0.3, -0.25) is 0 Å². The molecule has 0 fully saturated rings. The Morgan fingerprint density at radius 3 is 2.15 bits per heavy atom. The summed E-state index contributed by atoms with van der Waals surface area (Å²) in [5.74, 6) is 0.372. The van der Waals surface area contributed by atoms with Gasteiger partial charge in [0.25, 0.3) is 0 Å². The molecule has 0 aromatic carbocycles. The van der Waals surface area contributed by atoms with Gasteiger partial charge in [-0.15, -0.1) is 0 Å². The fourth-order valence-electron chi connectivity index (χ4n) is 0.830. The molecule has 0 aliphatic heterocycles. The van der Waals surface area contributed by atoms with Crippen LogP contribution in [0.1, 0.15) is 32.3 Å². The zero-order valence-electron chi connectivity index (χ0n) is 7.99. The van der Waals surface area contributed by atoms with Crippen molar-refractivity contribution >= 4 is 0 Å². The zero-order valence-corrected chi connectivity index (χ0v) is 7.99. The first-order valence-electron chi connectivity index (χ1n) is 4.22. The van der Waals surface area contributed by atoms with E-state index in [-0.39, 0.29) is 6.01 Å². The van der Waals surface area contributed by atoms with Gasteiger partial charge < -0.3 is 4.74 Å². The van der Waals surface area contributed by atoms with Crippen LogP contribution in [0.4, 0.5) is 4.39 Å². The lowest BCUT2D eigenvalue weighted by Crippen LogP contribution is -2.07. The highest BCUT2D eigenvalue weighted by Gasteiger charge is 2.04. The van der Waals surface area contributed by atoms with Crippen LogP contribution >= 0.6 is 0 Å². The number of nitrogens with zero attached hydrogens (tertiary/aromatic N) is 2. The van der Waals surface area contributed by atoms with Crippen LogP contribution < -0.4 is 4.74 Å². The molecular formula is C9H13FN2O. The van der Waals surface area contributed by atoms with E-state index in [0.29, 0.717) is 5.92 Å². The molecule has 0 aliphatic carbocycles. The minimum Gasteiger partial charge on any atom is -0.429 e. The van der Waals surface area contributed by atoms with Crippen LogP contribution in [0.3, 0.4) is 0 Å². The second kappa shape index (κ2) is 4.16. The van der Waals surface area contributed by atoms with Gasteiger partial charge in [0.15, 0.2) is 0 Å². The Hall–Kier alpha value is -1.19. The van der Waals surface area contributed by atoms with Gasteiger partial charge in [-0.05, 0) is 11.5 Å². The predicted molar refractivity (Wildman–Crippen MR) is 47.3 cm³/mol. The van der Waals surface area contributed by atoms with Gasteiger partial charge in [0, 0.05) is 19.3 Å². The molecule has 0 saturated carbocycles. The van der Waals surface area contributed by atoms with E-state index in [2.05, 4.69) is 14.7 Å². The van der Waals surface area contributed by atoms with E-state index in [0.717, 1.165) is 5.56 Å². The van der Waals surface area contributed by atoms with Gasteiger partial charge in [0.05, 0.1) is 0 Å². The molecule has 1 unspecified atom stereocenters. The zero-order chi connectivity index (χ0) is 9.84. The molecule has 13 heavy (non-hydrogen) atoms. The molecule has 1 heterocycles. The summed E-state index contributed by atoms with van der Waals surface area (Å²) in [5.41, 5.74) is 1.01. The van der Waals surface area contributed by atoms with Crippen molar-refractivity contribution < 1.29 is 9.13 Å². The van der Waals surface area contributed by atoms with E-state index < -0.39 is 6.36 Å². The Morgan fingerprint density at radius 2 is 1.77 bits per heavy atom. The van der Waals surface area contributed by atoms with Crippen LogP contribution in [0.2, 0.25) is 0 Å². The van der Waals surface area contributed by atoms with Crippen molar-refractivity contribution in [3.05, 3.63) is 18.0 Å². The number of ether oxygens (including phenoxy) is 1. The van der Waals surface area contributed by atoms with Crippen molar-refractivity contribution in [2.75, 3.05) is 0 Å². The first kappa shape index (κ1) is 9.89. The topological polar surface area (TPSA) is 35.0 Å². The fraction of sp³-hybridized carbons (Fsp3) is 0.556. The summed E-state index contributed by atoms with van der Waals surface area (Å²) in [7, 11) is 0. The van der Waals surface area contributed by atoms with Gasteiger partial charge in [-0.1, -0.05) is 13.8 Å². The summed E-state index contributed by atoms with van der Waals surface area (Å²) in [6, 6.07) is 0.0828. The van der Waals surface area contributed by atoms with Crippen LogP contribution in [0, 0.1) is 0 Å². The van der Waals surface area contributed by atoms with Gasteiger partial charge in [0.2, 0.25) is 6.36 Å². The SMILES string of the molecule is CC(F)Oc1ncc(C(C)C)cn1. The normalized spacial score (nSPS) is 13.0. The fourth-order valence-corrected chi connectivity index (χ4v) is 0.830. The van der Waals surface area contributed by atoms with Crippen molar-refractivity contribution in [3.8, 4) is 6.01 Å². The molecule has 3 nitrogen and oxygen atoms in total. The second-order valence-electron chi connectivity index (χ2n) is 3.11. The Balaban J connectivity index is 2.70. The summed E-state index contributed by atoms with van der Waals surface area (Å²) in [4.78, 5) is 7.73. The first-order chi connectivity index (χ1) is 6.09. The Morgan fingerprint density at radius 1 is 1.23 bits per heavy atom. The van der Waals surface area contributed by atoms with Gasteiger partial charge in [-0.25, -0.2) is 14.4 Å². The molecule has 1 aromatic rings. The second-order valence-corrected chi connectivity index (χ2v) is 3.11. The van der Waals surface area contributed by atoms with E-state index in [9.17, 15) is 4.39 Å². The summed E-state index contributed by atoms with van der Waals surface area (Å²) < 4.78 is 17.0. The summed E-state index contributed by atoms with van der Waals surface area (Å²) in [6.07, 6.45) is 1.93. The molecule has 1 atom stereocenters. The molecule has 0 bridgehead atoms. The summed E-state index contributed by atoms with van der Waals surface area (Å²) in [6.45, 7) is 5.37. The number of alkyl halides is 1. The standard InChI is InChI=1S/C9H13FN2O/c1-6(2)8-4-11-9(12-5-8)13-7(3)10/h4-7H,1-3H3. The third-order valence-electron chi connectivity index (χ3n) is 1.58. The average molecular weight is 184 g/mol. The molecule has 0 saturated heterocycles. The quantitative estimate of drug-likeness (QED) is 0.722. The molecule has 1 aromatic heterocycles. The molecule has 4 heteroatoms. The maximum Gasteiger partial charge on any atom is 0.318 e. The van der Waals surface area contributed by atoms with Crippen LogP contribution in [0.5, 0.6) is 6.01 Å². The van der Waals surface area contributed by atoms with Crippen molar-refractivity contribution in [1.29, 1.82) is 0 Å². The van der Waals surface area contributed by atoms with E-state index >= 15 is 0 Å². The lowest BCUT2D eigenvalue weighted by Gasteiger charge is -2.06. The Kier molecular flexibility index (Phi) is 3.17. The van der Waals surface area contributed by atoms with Crippen LogP contribution in [0.15, 0.2) is 12.4 Å². The number of hydrogen-bond acceptors (Lipinski definition) is 3. The lowest BCUT2D eigenvalue weighted by atomic mass is 10.1. The van der Waals surface area contributed by atoms with Crippen molar-refractivity contribution in [3.63, 3.8) is 0 Å². The van der Waals surface area contributed by atoms with E-state index in [1.807, 2.05) is 13.8 Å². The number of aromatic nitrogens is 2. The summed E-state index contributed by atoms with van der Waals surface area (Å²) in [5, 5.41) is 0. The van der Waals surface area contributed by atoms with Crippen molar-refractivity contribution in [2.45, 2.75) is 33.0 Å². The largest absolute Gasteiger partial charge is 0.429 e. The molecular weight excluding hydrogens is 171 g/mol. The first-order valence-corrected chi connectivity index (χ1v) is 4.22. The Bertz CT molecular complexity index is 259. The summed E-state index contributed by atoms with van der Waals surface area (Å²) >= 11 is 0. The van der Waals surface area contributed by atoms with E-state index in [4.69, 9.17) is 0 Å². The average Bonchev–Trinajstić information content (AvgIpc) is 2.04. The molecule has 1 rings (SSSR count). The third-order valence-corrected chi connectivity index (χ3v) is 1.58. The van der Waals surface area contributed by atoms with Crippen molar-refractivity contribution in [2.24, 2.45) is 0 Å². The van der Waals surface area contributed by atoms with Gasteiger partial charge in [-0.2, -0.15) is 0 Å².